The van der Waals surface area contributed by atoms with Crippen molar-refractivity contribution in [1.29, 1.82) is 0 Å². The minimum absolute atomic E-state index is 0.103. The Morgan fingerprint density at radius 2 is 1.56 bits per heavy atom. The number of hydrogen-bond acceptors (Lipinski definition) is 5. The first-order chi connectivity index (χ1) is 11.8. The fourth-order valence-electron chi connectivity index (χ4n) is 3.57. The lowest BCUT2D eigenvalue weighted by atomic mass is 10.0. The summed E-state index contributed by atoms with van der Waals surface area (Å²) in [4.78, 5) is 2.40. The number of benzene rings is 1. The Kier molecular flexibility index (Phi) is 6.72. The summed E-state index contributed by atoms with van der Waals surface area (Å²) in [6.45, 7) is 10.8. The summed E-state index contributed by atoms with van der Waals surface area (Å²) in [7, 11) is 1.64. The molecule has 0 aliphatic carbocycles. The summed E-state index contributed by atoms with van der Waals surface area (Å²) in [6, 6.07) is 7.53. The van der Waals surface area contributed by atoms with Crippen LogP contribution in [-0.2, 0) is 4.74 Å². The van der Waals surface area contributed by atoms with Crippen LogP contribution in [0.1, 0.15) is 40.5 Å². The highest BCUT2D eigenvalue weighted by Crippen LogP contribution is 2.40. The molecule has 5 nitrogen and oxygen atoms in total. The number of hydrogen-bond donors (Lipinski definition) is 1. The van der Waals surface area contributed by atoms with E-state index >= 15 is 0 Å². The standard InChI is InChI=1S/C20H33NO4/c1-19(2)10-11-20(3,4)21(19)14-16(22)15-25-18-9-7-6-8-17(18)24-13-12-23-5/h6-9,16,22H,10-15H2,1-5H3. The van der Waals surface area contributed by atoms with Crippen LogP contribution in [0.3, 0.4) is 0 Å². The van der Waals surface area contributed by atoms with Gasteiger partial charge < -0.3 is 19.3 Å². The highest BCUT2D eigenvalue weighted by molar-refractivity contribution is 5.39. The Balaban J connectivity index is 1.91. The molecule has 0 aromatic heterocycles. The molecule has 1 aromatic rings. The summed E-state index contributed by atoms with van der Waals surface area (Å²) in [5.74, 6) is 1.33. The molecule has 0 amide bonds. The predicted molar refractivity (Wildman–Crippen MR) is 99.4 cm³/mol. The minimum atomic E-state index is -0.552. The maximum atomic E-state index is 10.5. The van der Waals surface area contributed by atoms with Crippen LogP contribution in [0.2, 0.25) is 0 Å². The minimum Gasteiger partial charge on any atom is -0.487 e. The van der Waals surface area contributed by atoms with Crippen molar-refractivity contribution in [1.82, 2.24) is 4.90 Å². The molecule has 1 aliphatic heterocycles. The van der Waals surface area contributed by atoms with Gasteiger partial charge in [0.25, 0.3) is 0 Å². The van der Waals surface area contributed by atoms with Crippen molar-refractivity contribution < 1.29 is 19.3 Å². The molecule has 25 heavy (non-hydrogen) atoms. The van der Waals surface area contributed by atoms with Gasteiger partial charge >= 0.3 is 0 Å². The number of methoxy groups -OCH3 is 1. The molecule has 0 radical (unpaired) electrons. The lowest BCUT2D eigenvalue weighted by Gasteiger charge is -2.41. The van der Waals surface area contributed by atoms with E-state index in [2.05, 4.69) is 32.6 Å². The van der Waals surface area contributed by atoms with Crippen LogP contribution in [0.25, 0.3) is 0 Å². The number of aliphatic hydroxyl groups is 1. The van der Waals surface area contributed by atoms with Crippen molar-refractivity contribution in [3.8, 4) is 11.5 Å². The zero-order valence-electron chi connectivity index (χ0n) is 16.2. The smallest absolute Gasteiger partial charge is 0.161 e. The van der Waals surface area contributed by atoms with E-state index < -0.39 is 6.10 Å². The molecule has 0 bridgehead atoms. The quantitative estimate of drug-likeness (QED) is 0.693. The molecule has 142 valence electrons. The molecule has 0 spiro atoms. The van der Waals surface area contributed by atoms with Crippen molar-refractivity contribution in [2.24, 2.45) is 0 Å². The number of nitrogens with zero attached hydrogens (tertiary/aromatic N) is 1. The van der Waals surface area contributed by atoms with Gasteiger partial charge in [0.15, 0.2) is 11.5 Å². The van der Waals surface area contributed by atoms with E-state index in [-0.39, 0.29) is 17.7 Å². The predicted octanol–water partition coefficient (Wildman–Crippen LogP) is 3.10. The van der Waals surface area contributed by atoms with Gasteiger partial charge in [-0.05, 0) is 52.7 Å². The van der Waals surface area contributed by atoms with Crippen LogP contribution < -0.4 is 9.47 Å². The zero-order chi connectivity index (χ0) is 18.5. The monoisotopic (exact) mass is 351 g/mol. The van der Waals surface area contributed by atoms with Gasteiger partial charge in [-0.1, -0.05) is 12.1 Å². The topological polar surface area (TPSA) is 51.2 Å². The zero-order valence-corrected chi connectivity index (χ0v) is 16.2. The Labute approximate surface area is 151 Å². The number of rotatable bonds is 9. The third kappa shape index (κ3) is 5.33. The van der Waals surface area contributed by atoms with Gasteiger partial charge in [-0.3, -0.25) is 4.90 Å². The van der Waals surface area contributed by atoms with Crippen molar-refractivity contribution in [2.45, 2.75) is 57.7 Å². The number of para-hydroxylation sites is 2. The molecule has 1 atom stereocenters. The van der Waals surface area contributed by atoms with E-state index in [1.54, 1.807) is 7.11 Å². The van der Waals surface area contributed by atoms with Gasteiger partial charge in [-0.15, -0.1) is 0 Å². The highest BCUT2D eigenvalue weighted by Gasteiger charge is 2.44. The summed E-state index contributed by atoms with van der Waals surface area (Å²) in [6.07, 6.45) is 1.73. The fourth-order valence-corrected chi connectivity index (χ4v) is 3.57. The molecule has 1 saturated heterocycles. The molecule has 1 fully saturated rings. The maximum absolute atomic E-state index is 10.5. The molecule has 5 heteroatoms. The van der Waals surface area contributed by atoms with Gasteiger partial charge in [0, 0.05) is 24.7 Å². The van der Waals surface area contributed by atoms with E-state index in [0.29, 0.717) is 31.3 Å². The van der Waals surface area contributed by atoms with Crippen molar-refractivity contribution >= 4 is 0 Å². The van der Waals surface area contributed by atoms with Gasteiger partial charge in [0.2, 0.25) is 0 Å². The van der Waals surface area contributed by atoms with E-state index in [1.165, 1.54) is 0 Å². The third-order valence-electron chi connectivity index (χ3n) is 5.03. The number of aliphatic hydroxyl groups excluding tert-OH is 1. The van der Waals surface area contributed by atoms with Crippen LogP contribution in [0.5, 0.6) is 11.5 Å². The summed E-state index contributed by atoms with van der Waals surface area (Å²) < 4.78 is 16.5. The molecule has 1 N–H and O–H groups in total. The van der Waals surface area contributed by atoms with Crippen LogP contribution >= 0.6 is 0 Å². The molecule has 1 unspecified atom stereocenters. The van der Waals surface area contributed by atoms with Gasteiger partial charge in [-0.2, -0.15) is 0 Å². The van der Waals surface area contributed by atoms with Crippen molar-refractivity contribution in [3.05, 3.63) is 24.3 Å². The van der Waals surface area contributed by atoms with E-state index in [0.717, 1.165) is 12.8 Å². The Bertz CT molecular complexity index is 528. The molecular weight excluding hydrogens is 318 g/mol. The average molecular weight is 351 g/mol. The van der Waals surface area contributed by atoms with Gasteiger partial charge in [0.1, 0.15) is 19.3 Å². The second-order valence-corrected chi connectivity index (χ2v) is 7.99. The lowest BCUT2D eigenvalue weighted by Crippen LogP contribution is -2.52. The van der Waals surface area contributed by atoms with Crippen molar-refractivity contribution in [2.75, 3.05) is 33.5 Å². The SMILES string of the molecule is COCCOc1ccccc1OCC(O)CN1C(C)(C)CCC1(C)C. The molecule has 1 heterocycles. The Hall–Kier alpha value is -1.30. The molecule has 0 saturated carbocycles. The Morgan fingerprint density at radius 3 is 2.12 bits per heavy atom. The van der Waals surface area contributed by atoms with Gasteiger partial charge in [0.05, 0.1) is 6.61 Å². The lowest BCUT2D eigenvalue weighted by molar-refractivity contribution is 0.00482. The summed E-state index contributed by atoms with van der Waals surface area (Å²) in [5.41, 5.74) is 0.206. The first-order valence-electron chi connectivity index (χ1n) is 9.06. The second kappa shape index (κ2) is 8.39. The number of likely N-dealkylation sites (tertiary alicyclic amines) is 1. The average Bonchev–Trinajstić information content (AvgIpc) is 2.77. The number of ether oxygens (including phenoxy) is 3. The third-order valence-corrected chi connectivity index (χ3v) is 5.03. The van der Waals surface area contributed by atoms with Gasteiger partial charge in [-0.25, -0.2) is 0 Å². The van der Waals surface area contributed by atoms with Crippen LogP contribution in [0.15, 0.2) is 24.3 Å². The van der Waals surface area contributed by atoms with Crippen molar-refractivity contribution in [3.63, 3.8) is 0 Å². The van der Waals surface area contributed by atoms with Crippen LogP contribution in [-0.4, -0.2) is 60.7 Å². The highest BCUT2D eigenvalue weighted by atomic mass is 16.5. The largest absolute Gasteiger partial charge is 0.487 e. The summed E-state index contributed by atoms with van der Waals surface area (Å²) in [5, 5.41) is 10.5. The summed E-state index contributed by atoms with van der Waals surface area (Å²) >= 11 is 0. The fraction of sp³-hybridized carbons (Fsp3) is 0.700. The normalized spacial score (nSPS) is 20.4. The first-order valence-corrected chi connectivity index (χ1v) is 9.06. The Morgan fingerprint density at radius 1 is 1.00 bits per heavy atom. The first kappa shape index (κ1) is 20.0. The van der Waals surface area contributed by atoms with E-state index in [4.69, 9.17) is 14.2 Å². The molecule has 2 rings (SSSR count). The molecule has 1 aromatic carbocycles. The van der Waals surface area contributed by atoms with E-state index in [9.17, 15) is 5.11 Å². The number of β-amino-alcohol motifs (C(OH)–C–C–N with tert-alkyl or cyclic N) is 1. The van der Waals surface area contributed by atoms with Crippen LogP contribution in [0, 0.1) is 0 Å². The van der Waals surface area contributed by atoms with E-state index in [1.807, 2.05) is 24.3 Å². The molecule has 1 aliphatic rings. The second-order valence-electron chi connectivity index (χ2n) is 7.99. The molecular formula is C20H33NO4. The van der Waals surface area contributed by atoms with Crippen LogP contribution in [0.4, 0.5) is 0 Å². The maximum Gasteiger partial charge on any atom is 0.161 e.